The average molecular weight is 522 g/mol. The van der Waals surface area contributed by atoms with Crippen LogP contribution in [0.15, 0.2) is 41.9 Å². The number of carbonyl (C=O) groups is 1. The maximum Gasteiger partial charge on any atom is 0.303 e. The number of methoxy groups -OCH3 is 1. The van der Waals surface area contributed by atoms with Gasteiger partial charge in [0.1, 0.15) is 5.75 Å². The maximum absolute atomic E-state index is 11.8. The van der Waals surface area contributed by atoms with Crippen LogP contribution < -0.4 is 9.64 Å². The Morgan fingerprint density at radius 2 is 2.08 bits per heavy atom. The summed E-state index contributed by atoms with van der Waals surface area (Å²) in [5, 5.41) is 24.1. The van der Waals surface area contributed by atoms with Gasteiger partial charge >= 0.3 is 5.97 Å². The summed E-state index contributed by atoms with van der Waals surface area (Å²) in [6, 6.07) is 9.68. The van der Waals surface area contributed by atoms with Gasteiger partial charge in [0, 0.05) is 25.0 Å². The number of rotatable bonds is 9. The SMILES string of the molecule is COc1ccc2ncc(N(C)C)c(C(O)CCC3(CC(=O)O)CCN(CC#Cc4cccs4)CC3)c2c1. The van der Waals surface area contributed by atoms with Gasteiger partial charge in [-0.05, 0) is 73.8 Å². The van der Waals surface area contributed by atoms with E-state index in [0.29, 0.717) is 25.1 Å². The van der Waals surface area contributed by atoms with Crippen molar-refractivity contribution in [3.63, 3.8) is 0 Å². The van der Waals surface area contributed by atoms with Gasteiger partial charge in [-0.1, -0.05) is 17.9 Å². The van der Waals surface area contributed by atoms with Gasteiger partial charge in [-0.2, -0.15) is 0 Å². The molecule has 8 heteroatoms. The highest BCUT2D eigenvalue weighted by Crippen LogP contribution is 2.43. The molecule has 7 nitrogen and oxygen atoms in total. The van der Waals surface area contributed by atoms with E-state index >= 15 is 0 Å². The zero-order valence-electron chi connectivity index (χ0n) is 21.7. The number of carboxylic acid groups (broad SMARTS) is 1. The van der Waals surface area contributed by atoms with E-state index in [9.17, 15) is 15.0 Å². The van der Waals surface area contributed by atoms with Crippen molar-refractivity contribution in [3.05, 3.63) is 52.3 Å². The van der Waals surface area contributed by atoms with Crippen LogP contribution in [0.4, 0.5) is 5.69 Å². The number of likely N-dealkylation sites (tertiary alicyclic amines) is 1. The van der Waals surface area contributed by atoms with Crippen LogP contribution in [0.1, 0.15) is 48.6 Å². The molecule has 37 heavy (non-hydrogen) atoms. The molecular weight excluding hydrogens is 486 g/mol. The number of ether oxygens (including phenoxy) is 1. The third kappa shape index (κ3) is 6.61. The second kappa shape index (κ2) is 12.0. The normalized spacial score (nSPS) is 16.1. The van der Waals surface area contributed by atoms with E-state index < -0.39 is 12.1 Å². The molecule has 1 unspecified atom stereocenters. The van der Waals surface area contributed by atoms with Crippen LogP contribution in [0, 0.1) is 17.3 Å². The lowest BCUT2D eigenvalue weighted by molar-refractivity contribution is -0.141. The number of aromatic nitrogens is 1. The van der Waals surface area contributed by atoms with E-state index in [4.69, 9.17) is 4.74 Å². The topological polar surface area (TPSA) is 86.1 Å². The molecule has 0 amide bonds. The standard InChI is InChI=1S/C29H35N3O4S/c1-31(2)25-20-30-24-9-8-21(36-3)18-23(24)28(25)26(33)10-11-29(19-27(34)35)12-15-32(16-13-29)14-4-6-22-7-5-17-37-22/h5,7-9,17-18,20,26,33H,10-16,19H2,1-3H3,(H,34,35). The smallest absolute Gasteiger partial charge is 0.303 e. The number of aliphatic carboxylic acids is 1. The second-order valence-corrected chi connectivity index (χ2v) is 11.0. The summed E-state index contributed by atoms with van der Waals surface area (Å²) in [5.41, 5.74) is 2.10. The number of piperidine rings is 1. The molecule has 1 fully saturated rings. The Bertz CT molecular complexity index is 1270. The highest BCUT2D eigenvalue weighted by Gasteiger charge is 2.37. The fourth-order valence-corrected chi connectivity index (χ4v) is 5.80. The van der Waals surface area contributed by atoms with Crippen LogP contribution in [-0.2, 0) is 4.79 Å². The quantitative estimate of drug-likeness (QED) is 0.392. The molecule has 1 saturated heterocycles. The van der Waals surface area contributed by atoms with Gasteiger partial charge in [-0.25, -0.2) is 0 Å². The first-order chi connectivity index (χ1) is 17.8. The minimum absolute atomic E-state index is 0.111. The van der Waals surface area contributed by atoms with Crippen molar-refractivity contribution in [2.45, 2.75) is 38.2 Å². The number of hydrogen-bond donors (Lipinski definition) is 2. The molecule has 2 N–H and O–H groups in total. The minimum atomic E-state index is -0.784. The summed E-state index contributed by atoms with van der Waals surface area (Å²) in [4.78, 5) is 21.7. The number of aliphatic hydroxyl groups excluding tert-OH is 1. The molecule has 3 heterocycles. The fourth-order valence-electron chi connectivity index (χ4n) is 5.21. The van der Waals surface area contributed by atoms with Crippen molar-refractivity contribution < 1.29 is 19.7 Å². The first kappa shape index (κ1) is 26.9. The number of pyridine rings is 1. The lowest BCUT2D eigenvalue weighted by Crippen LogP contribution is -2.41. The summed E-state index contributed by atoms with van der Waals surface area (Å²) in [6.45, 7) is 2.29. The van der Waals surface area contributed by atoms with Crippen molar-refractivity contribution in [1.29, 1.82) is 0 Å². The van der Waals surface area contributed by atoms with Crippen molar-refractivity contribution in [2.24, 2.45) is 5.41 Å². The van der Waals surface area contributed by atoms with Crippen molar-refractivity contribution in [3.8, 4) is 17.6 Å². The Balaban J connectivity index is 1.49. The van der Waals surface area contributed by atoms with Crippen molar-refractivity contribution in [2.75, 3.05) is 45.7 Å². The Labute approximate surface area is 222 Å². The van der Waals surface area contributed by atoms with E-state index in [1.807, 2.05) is 54.7 Å². The van der Waals surface area contributed by atoms with Gasteiger partial charge in [0.25, 0.3) is 0 Å². The predicted molar refractivity (Wildman–Crippen MR) is 148 cm³/mol. The van der Waals surface area contributed by atoms with Gasteiger partial charge < -0.3 is 19.8 Å². The summed E-state index contributed by atoms with van der Waals surface area (Å²) < 4.78 is 5.43. The van der Waals surface area contributed by atoms with Gasteiger partial charge in [0.05, 0.1) is 48.5 Å². The molecule has 0 aliphatic carbocycles. The number of anilines is 1. The molecular formula is C29H35N3O4S. The summed E-state index contributed by atoms with van der Waals surface area (Å²) in [5.74, 6) is 6.37. The zero-order chi connectivity index (χ0) is 26.4. The minimum Gasteiger partial charge on any atom is -0.497 e. The zero-order valence-corrected chi connectivity index (χ0v) is 22.6. The maximum atomic E-state index is 11.8. The van der Waals surface area contributed by atoms with E-state index in [2.05, 4.69) is 21.7 Å². The molecule has 1 aromatic carbocycles. The van der Waals surface area contributed by atoms with E-state index in [0.717, 1.165) is 53.0 Å². The summed E-state index contributed by atoms with van der Waals surface area (Å²) in [6.07, 6.45) is 3.81. The first-order valence-corrected chi connectivity index (χ1v) is 13.5. The van der Waals surface area contributed by atoms with Crippen LogP contribution in [0.3, 0.4) is 0 Å². The molecule has 3 aromatic rings. The van der Waals surface area contributed by atoms with Gasteiger partial charge in [-0.3, -0.25) is 14.7 Å². The number of carboxylic acids is 1. The van der Waals surface area contributed by atoms with Gasteiger partial charge in [0.2, 0.25) is 0 Å². The number of hydrogen-bond acceptors (Lipinski definition) is 7. The predicted octanol–water partition coefficient (Wildman–Crippen LogP) is 4.79. The van der Waals surface area contributed by atoms with E-state index in [1.165, 1.54) is 0 Å². The molecule has 0 bridgehead atoms. The number of thiophene rings is 1. The lowest BCUT2D eigenvalue weighted by atomic mass is 9.71. The van der Waals surface area contributed by atoms with Crippen molar-refractivity contribution >= 4 is 33.9 Å². The van der Waals surface area contributed by atoms with Crippen LogP contribution >= 0.6 is 11.3 Å². The second-order valence-electron chi connectivity index (χ2n) is 10.0. The largest absolute Gasteiger partial charge is 0.497 e. The molecule has 196 valence electrons. The first-order valence-electron chi connectivity index (χ1n) is 12.6. The Hall–Kier alpha value is -3.12. The molecule has 2 aromatic heterocycles. The number of fused-ring (bicyclic) bond motifs is 1. The lowest BCUT2D eigenvalue weighted by Gasteiger charge is -2.41. The van der Waals surface area contributed by atoms with Gasteiger partial charge in [-0.15, -0.1) is 11.3 Å². The summed E-state index contributed by atoms with van der Waals surface area (Å²) in [7, 11) is 5.49. The van der Waals surface area contributed by atoms with Crippen molar-refractivity contribution in [1.82, 2.24) is 9.88 Å². The molecule has 0 saturated carbocycles. The Morgan fingerprint density at radius 1 is 1.30 bits per heavy atom. The molecule has 0 radical (unpaired) electrons. The number of nitrogens with zero attached hydrogens (tertiary/aromatic N) is 3. The fraction of sp³-hybridized carbons (Fsp3) is 0.448. The van der Waals surface area contributed by atoms with E-state index in [1.54, 1.807) is 24.6 Å². The highest BCUT2D eigenvalue weighted by atomic mass is 32.1. The number of benzene rings is 1. The third-order valence-electron chi connectivity index (χ3n) is 7.34. The number of aliphatic hydroxyl groups is 1. The molecule has 0 spiro atoms. The molecule has 1 aliphatic rings. The molecule has 1 aliphatic heterocycles. The van der Waals surface area contributed by atoms with Crippen LogP contribution in [0.5, 0.6) is 5.75 Å². The molecule has 4 rings (SSSR count). The highest BCUT2D eigenvalue weighted by molar-refractivity contribution is 7.10. The third-order valence-corrected chi connectivity index (χ3v) is 8.12. The summed E-state index contributed by atoms with van der Waals surface area (Å²) >= 11 is 1.63. The van der Waals surface area contributed by atoms with Crippen LogP contribution in [0.2, 0.25) is 0 Å². The van der Waals surface area contributed by atoms with Gasteiger partial charge in [0.15, 0.2) is 0 Å². The van der Waals surface area contributed by atoms with Crippen LogP contribution in [0.25, 0.3) is 10.9 Å². The monoisotopic (exact) mass is 521 g/mol. The Morgan fingerprint density at radius 3 is 2.73 bits per heavy atom. The Kier molecular flexibility index (Phi) is 8.70. The van der Waals surface area contributed by atoms with Crippen LogP contribution in [-0.4, -0.2) is 66.9 Å². The molecule has 1 atom stereocenters. The van der Waals surface area contributed by atoms with E-state index in [-0.39, 0.29) is 11.8 Å². The average Bonchev–Trinajstić information content (AvgIpc) is 3.40.